The summed E-state index contributed by atoms with van der Waals surface area (Å²) in [4.78, 5) is 50.5. The van der Waals surface area contributed by atoms with Crippen molar-refractivity contribution in [1.29, 1.82) is 0 Å². The number of benzene rings is 1. The van der Waals surface area contributed by atoms with Crippen LogP contribution in [0.5, 0.6) is 0 Å². The second-order valence-electron chi connectivity index (χ2n) is 8.53. The number of carbonyl (C=O) groups is 3. The van der Waals surface area contributed by atoms with Gasteiger partial charge in [0, 0.05) is 17.0 Å². The molecule has 0 spiro atoms. The molecular weight excluding hydrogens is 398 g/mol. The standard InChI is InChI=1S/C24H25NO6/c1-13(2)18-10-19-15(9-21(26)31-20(19)8-14(18)3)12-30-22(27)11-25-23(28)16-6-4-5-7-17(16)24(25)29/h4-5,8-10,13,16-17H,6-7,11-12H2,1-3H3. The van der Waals surface area contributed by atoms with E-state index in [0.29, 0.717) is 29.4 Å². The third-order valence-corrected chi connectivity index (χ3v) is 6.11. The summed E-state index contributed by atoms with van der Waals surface area (Å²) in [5.41, 5.74) is 2.55. The zero-order valence-corrected chi connectivity index (χ0v) is 17.8. The molecule has 0 saturated carbocycles. The van der Waals surface area contributed by atoms with Crippen LogP contribution >= 0.6 is 0 Å². The van der Waals surface area contributed by atoms with Crippen LogP contribution in [0.3, 0.4) is 0 Å². The lowest BCUT2D eigenvalue weighted by Gasteiger charge is -2.15. The molecule has 4 rings (SSSR count). The predicted octanol–water partition coefficient (Wildman–Crippen LogP) is 3.22. The molecule has 2 heterocycles. The fraction of sp³-hybridized carbons (Fsp3) is 0.417. The zero-order chi connectivity index (χ0) is 22.3. The average Bonchev–Trinajstić information content (AvgIpc) is 2.96. The summed E-state index contributed by atoms with van der Waals surface area (Å²) < 4.78 is 10.7. The second kappa shape index (κ2) is 8.13. The number of hydrogen-bond acceptors (Lipinski definition) is 6. The highest BCUT2D eigenvalue weighted by Gasteiger charge is 2.47. The third kappa shape index (κ3) is 3.92. The largest absolute Gasteiger partial charge is 0.459 e. The number of aryl methyl sites for hydroxylation is 1. The minimum atomic E-state index is -0.689. The molecule has 162 valence electrons. The lowest BCUT2D eigenvalue weighted by Crippen LogP contribution is -2.36. The fourth-order valence-corrected chi connectivity index (χ4v) is 4.49. The van der Waals surface area contributed by atoms with E-state index >= 15 is 0 Å². The van der Waals surface area contributed by atoms with Gasteiger partial charge in [-0.1, -0.05) is 26.0 Å². The third-order valence-electron chi connectivity index (χ3n) is 6.11. The summed E-state index contributed by atoms with van der Waals surface area (Å²) in [6.07, 6.45) is 4.83. The van der Waals surface area contributed by atoms with E-state index in [1.807, 2.05) is 31.2 Å². The lowest BCUT2D eigenvalue weighted by atomic mass is 9.85. The molecule has 31 heavy (non-hydrogen) atoms. The molecule has 0 N–H and O–H groups in total. The molecule has 2 amide bonds. The summed E-state index contributed by atoms with van der Waals surface area (Å²) in [5, 5.41) is 0.701. The molecule has 1 aliphatic heterocycles. The van der Waals surface area contributed by atoms with Crippen LogP contribution in [0.2, 0.25) is 0 Å². The van der Waals surface area contributed by atoms with Crippen LogP contribution in [0.4, 0.5) is 0 Å². The normalized spacial score (nSPS) is 20.6. The summed E-state index contributed by atoms with van der Waals surface area (Å²) in [7, 11) is 0. The molecule has 0 radical (unpaired) electrons. The highest BCUT2D eigenvalue weighted by atomic mass is 16.5. The predicted molar refractivity (Wildman–Crippen MR) is 113 cm³/mol. The Labute approximate surface area is 179 Å². The van der Waals surface area contributed by atoms with E-state index in [2.05, 4.69) is 13.8 Å². The summed E-state index contributed by atoms with van der Waals surface area (Å²) in [5.74, 6) is -1.82. The maximum Gasteiger partial charge on any atom is 0.336 e. The number of rotatable bonds is 5. The van der Waals surface area contributed by atoms with Gasteiger partial charge in [0.1, 0.15) is 18.7 Å². The summed E-state index contributed by atoms with van der Waals surface area (Å²) in [6, 6.07) is 5.07. The molecule has 1 aliphatic carbocycles. The van der Waals surface area contributed by atoms with Gasteiger partial charge in [-0.25, -0.2) is 4.79 Å². The SMILES string of the molecule is Cc1cc2oc(=O)cc(COC(=O)CN3C(=O)C4CC=CCC4C3=O)c2cc1C(C)C. The van der Waals surface area contributed by atoms with Gasteiger partial charge in [0.15, 0.2) is 0 Å². The Kier molecular flexibility index (Phi) is 5.52. The molecule has 7 heteroatoms. The lowest BCUT2D eigenvalue weighted by molar-refractivity contribution is -0.153. The summed E-state index contributed by atoms with van der Waals surface area (Å²) in [6.45, 7) is 5.54. The first-order valence-corrected chi connectivity index (χ1v) is 10.5. The Morgan fingerprint density at radius 2 is 1.74 bits per heavy atom. The van der Waals surface area contributed by atoms with Crippen molar-refractivity contribution >= 4 is 28.8 Å². The number of esters is 1. The first-order valence-electron chi connectivity index (χ1n) is 10.5. The number of amides is 2. The highest BCUT2D eigenvalue weighted by Crippen LogP contribution is 2.35. The second-order valence-corrected chi connectivity index (χ2v) is 8.53. The minimum Gasteiger partial charge on any atom is -0.459 e. The number of ether oxygens (including phenoxy) is 1. The van der Waals surface area contributed by atoms with Gasteiger partial charge in [0.05, 0.1) is 11.8 Å². The molecule has 1 fully saturated rings. The van der Waals surface area contributed by atoms with Gasteiger partial charge in [0.25, 0.3) is 0 Å². The Hall–Kier alpha value is -3.22. The summed E-state index contributed by atoms with van der Waals surface area (Å²) >= 11 is 0. The first kappa shape index (κ1) is 21.0. The average molecular weight is 423 g/mol. The number of likely N-dealkylation sites (tertiary alicyclic amines) is 1. The monoisotopic (exact) mass is 423 g/mol. The minimum absolute atomic E-state index is 0.147. The molecular formula is C24H25NO6. The smallest absolute Gasteiger partial charge is 0.336 e. The van der Waals surface area contributed by atoms with Crippen LogP contribution in [0.25, 0.3) is 11.0 Å². The Bertz CT molecular complexity index is 1130. The van der Waals surface area contributed by atoms with E-state index in [1.165, 1.54) is 6.07 Å². The number of allylic oxidation sites excluding steroid dienone is 2. The van der Waals surface area contributed by atoms with Gasteiger partial charge in [-0.2, -0.15) is 0 Å². The van der Waals surface area contributed by atoms with Crippen molar-refractivity contribution in [3.8, 4) is 0 Å². The molecule has 1 saturated heterocycles. The first-order chi connectivity index (χ1) is 14.8. The van der Waals surface area contributed by atoms with Crippen molar-refractivity contribution in [1.82, 2.24) is 4.90 Å². The van der Waals surface area contributed by atoms with Crippen molar-refractivity contribution < 1.29 is 23.5 Å². The van der Waals surface area contributed by atoms with Crippen LogP contribution in [-0.2, 0) is 25.7 Å². The van der Waals surface area contributed by atoms with Crippen molar-refractivity contribution in [2.45, 2.75) is 46.1 Å². The zero-order valence-electron chi connectivity index (χ0n) is 17.8. The van der Waals surface area contributed by atoms with Gasteiger partial charge in [-0.3, -0.25) is 19.3 Å². The Balaban J connectivity index is 1.51. The molecule has 7 nitrogen and oxygen atoms in total. The van der Waals surface area contributed by atoms with Crippen molar-refractivity contribution in [2.24, 2.45) is 11.8 Å². The van der Waals surface area contributed by atoms with Gasteiger partial charge in [-0.15, -0.1) is 0 Å². The van der Waals surface area contributed by atoms with E-state index in [4.69, 9.17) is 9.15 Å². The topological polar surface area (TPSA) is 93.9 Å². The van der Waals surface area contributed by atoms with E-state index in [-0.39, 0.29) is 36.2 Å². The molecule has 2 aromatic rings. The van der Waals surface area contributed by atoms with Gasteiger partial charge < -0.3 is 9.15 Å². The van der Waals surface area contributed by atoms with Crippen LogP contribution in [0.15, 0.2) is 39.6 Å². The number of imide groups is 1. The van der Waals surface area contributed by atoms with Crippen LogP contribution < -0.4 is 5.63 Å². The van der Waals surface area contributed by atoms with Gasteiger partial charge >= 0.3 is 11.6 Å². The van der Waals surface area contributed by atoms with Gasteiger partial charge in [0.2, 0.25) is 11.8 Å². The molecule has 2 atom stereocenters. The molecule has 2 aliphatic rings. The highest BCUT2D eigenvalue weighted by molar-refractivity contribution is 6.07. The quantitative estimate of drug-likeness (QED) is 0.317. The molecule has 1 aromatic heterocycles. The maximum atomic E-state index is 12.5. The molecule has 0 bridgehead atoms. The van der Waals surface area contributed by atoms with E-state index in [0.717, 1.165) is 16.0 Å². The van der Waals surface area contributed by atoms with Crippen molar-refractivity contribution in [2.75, 3.05) is 6.54 Å². The fourth-order valence-electron chi connectivity index (χ4n) is 4.49. The van der Waals surface area contributed by atoms with E-state index in [1.54, 1.807) is 0 Å². The number of carbonyl (C=O) groups excluding carboxylic acids is 3. The van der Waals surface area contributed by atoms with Crippen LogP contribution in [-0.4, -0.2) is 29.2 Å². The maximum absolute atomic E-state index is 12.5. The van der Waals surface area contributed by atoms with Crippen LogP contribution in [0, 0.1) is 18.8 Å². The van der Waals surface area contributed by atoms with E-state index < -0.39 is 18.1 Å². The number of nitrogens with zero attached hydrogens (tertiary/aromatic N) is 1. The molecule has 1 aromatic carbocycles. The molecule has 2 unspecified atom stereocenters. The number of hydrogen-bond donors (Lipinski definition) is 0. The van der Waals surface area contributed by atoms with E-state index in [9.17, 15) is 19.2 Å². The number of fused-ring (bicyclic) bond motifs is 2. The van der Waals surface area contributed by atoms with Crippen molar-refractivity contribution in [3.63, 3.8) is 0 Å². The Morgan fingerprint density at radius 3 is 2.35 bits per heavy atom. The Morgan fingerprint density at radius 1 is 1.10 bits per heavy atom. The van der Waals surface area contributed by atoms with Gasteiger partial charge in [-0.05, 0) is 48.9 Å². The van der Waals surface area contributed by atoms with Crippen LogP contribution in [0.1, 0.15) is 49.3 Å². The van der Waals surface area contributed by atoms with Crippen molar-refractivity contribution in [3.05, 3.63) is 57.5 Å².